The van der Waals surface area contributed by atoms with Crippen molar-refractivity contribution in [2.45, 2.75) is 38.3 Å². The Hall–Kier alpha value is -1.79. The number of ether oxygens (including phenoxy) is 1. The summed E-state index contributed by atoms with van der Waals surface area (Å²) in [4.78, 5) is 35.3. The van der Waals surface area contributed by atoms with Crippen LogP contribution in [0.1, 0.15) is 26.2 Å². The highest BCUT2D eigenvalue weighted by atomic mass is 16.5. The highest BCUT2D eigenvalue weighted by Crippen LogP contribution is 2.17. The van der Waals surface area contributed by atoms with Gasteiger partial charge in [-0.1, -0.05) is 0 Å². The van der Waals surface area contributed by atoms with E-state index in [1.807, 2.05) is 0 Å². The summed E-state index contributed by atoms with van der Waals surface area (Å²) in [6.45, 7) is 1.88. The molecule has 0 aromatic rings. The lowest BCUT2D eigenvalue weighted by atomic mass is 10.0. The fourth-order valence-electron chi connectivity index (χ4n) is 1.94. The summed E-state index contributed by atoms with van der Waals surface area (Å²) >= 11 is 0. The van der Waals surface area contributed by atoms with Crippen LogP contribution in [0.5, 0.6) is 0 Å². The van der Waals surface area contributed by atoms with Gasteiger partial charge in [-0.2, -0.15) is 0 Å². The van der Waals surface area contributed by atoms with Crippen LogP contribution < -0.4 is 5.32 Å². The van der Waals surface area contributed by atoms with Crippen LogP contribution in [0.3, 0.4) is 0 Å². The van der Waals surface area contributed by atoms with Gasteiger partial charge in [0, 0.05) is 6.54 Å². The molecule has 7 nitrogen and oxygen atoms in total. The fourth-order valence-corrected chi connectivity index (χ4v) is 1.94. The van der Waals surface area contributed by atoms with Crippen molar-refractivity contribution < 1.29 is 24.2 Å². The summed E-state index contributed by atoms with van der Waals surface area (Å²) in [5.74, 6) is -1.58. The zero-order valence-corrected chi connectivity index (χ0v) is 10.5. The summed E-state index contributed by atoms with van der Waals surface area (Å²) in [5, 5.41) is 11.5. The van der Waals surface area contributed by atoms with Gasteiger partial charge in [0.1, 0.15) is 12.1 Å². The monoisotopic (exact) mass is 258 g/mol. The quantitative estimate of drug-likeness (QED) is 0.705. The molecule has 0 aliphatic carbocycles. The highest BCUT2D eigenvalue weighted by molar-refractivity contribution is 5.86. The van der Waals surface area contributed by atoms with Crippen LogP contribution in [-0.2, 0) is 14.3 Å². The van der Waals surface area contributed by atoms with Gasteiger partial charge in [0.05, 0.1) is 7.11 Å². The molecule has 1 aliphatic rings. The van der Waals surface area contributed by atoms with E-state index in [1.54, 1.807) is 0 Å². The number of nitrogens with zero attached hydrogens (tertiary/aromatic N) is 1. The van der Waals surface area contributed by atoms with E-state index >= 15 is 0 Å². The normalized spacial score (nSPS) is 21.0. The van der Waals surface area contributed by atoms with Gasteiger partial charge in [-0.15, -0.1) is 0 Å². The molecule has 0 aromatic carbocycles. The van der Waals surface area contributed by atoms with E-state index in [-0.39, 0.29) is 0 Å². The second kappa shape index (κ2) is 6.23. The molecule has 0 saturated carbocycles. The minimum absolute atomic E-state index is 0.386. The molecule has 1 saturated heterocycles. The Labute approximate surface area is 105 Å². The lowest BCUT2D eigenvalue weighted by Gasteiger charge is -2.33. The Morgan fingerprint density at radius 3 is 2.61 bits per heavy atom. The maximum Gasteiger partial charge on any atom is 0.328 e. The van der Waals surface area contributed by atoms with E-state index in [9.17, 15) is 14.4 Å². The van der Waals surface area contributed by atoms with Crippen LogP contribution >= 0.6 is 0 Å². The molecule has 1 rings (SSSR count). The molecule has 7 heteroatoms. The van der Waals surface area contributed by atoms with E-state index in [4.69, 9.17) is 5.11 Å². The van der Waals surface area contributed by atoms with Gasteiger partial charge < -0.3 is 20.1 Å². The molecule has 2 unspecified atom stereocenters. The Morgan fingerprint density at radius 1 is 1.39 bits per heavy atom. The van der Waals surface area contributed by atoms with E-state index in [0.29, 0.717) is 13.0 Å². The van der Waals surface area contributed by atoms with E-state index in [1.165, 1.54) is 18.9 Å². The van der Waals surface area contributed by atoms with Crippen molar-refractivity contribution in [3.63, 3.8) is 0 Å². The van der Waals surface area contributed by atoms with Gasteiger partial charge in [-0.05, 0) is 26.2 Å². The van der Waals surface area contributed by atoms with Gasteiger partial charge in [0.2, 0.25) is 0 Å². The topological polar surface area (TPSA) is 95.9 Å². The van der Waals surface area contributed by atoms with Crippen molar-refractivity contribution in [3.05, 3.63) is 0 Å². The van der Waals surface area contributed by atoms with Crippen molar-refractivity contribution in [2.24, 2.45) is 0 Å². The first-order chi connectivity index (χ1) is 8.47. The van der Waals surface area contributed by atoms with Crippen molar-refractivity contribution in [1.29, 1.82) is 0 Å². The molecule has 0 radical (unpaired) electrons. The number of amides is 2. The Kier molecular flexibility index (Phi) is 4.94. The molecule has 0 spiro atoms. The van der Waals surface area contributed by atoms with Gasteiger partial charge in [-0.3, -0.25) is 0 Å². The Morgan fingerprint density at radius 2 is 2.06 bits per heavy atom. The molecular weight excluding hydrogens is 240 g/mol. The number of nitrogens with one attached hydrogen (secondary N) is 1. The SMILES string of the molecule is COC(=O)C(C)NC(=O)N1CCCCC1C(=O)O. The van der Waals surface area contributed by atoms with Crippen LogP contribution in [0, 0.1) is 0 Å². The number of urea groups is 1. The molecule has 1 fully saturated rings. The summed E-state index contributed by atoms with van der Waals surface area (Å²) in [6, 6.07) is -2.15. The molecule has 1 heterocycles. The number of aliphatic carboxylic acids is 1. The van der Waals surface area contributed by atoms with Gasteiger partial charge >= 0.3 is 18.0 Å². The highest BCUT2D eigenvalue weighted by Gasteiger charge is 2.33. The van der Waals surface area contributed by atoms with Crippen molar-refractivity contribution in [3.8, 4) is 0 Å². The van der Waals surface area contributed by atoms with Crippen LogP contribution in [0.4, 0.5) is 4.79 Å². The minimum atomic E-state index is -1.02. The predicted molar refractivity (Wildman–Crippen MR) is 62.0 cm³/mol. The van der Waals surface area contributed by atoms with Crippen LogP contribution in [0.25, 0.3) is 0 Å². The number of carboxylic acids is 1. The zero-order valence-electron chi connectivity index (χ0n) is 10.5. The predicted octanol–water partition coefficient (Wildman–Crippen LogP) is 0.197. The van der Waals surface area contributed by atoms with Crippen molar-refractivity contribution in [1.82, 2.24) is 10.2 Å². The first-order valence-corrected chi connectivity index (χ1v) is 5.85. The first kappa shape index (κ1) is 14.3. The van der Waals surface area contributed by atoms with Crippen LogP contribution in [-0.4, -0.2) is 53.7 Å². The van der Waals surface area contributed by atoms with Crippen LogP contribution in [0.2, 0.25) is 0 Å². The summed E-state index contributed by atoms with van der Waals surface area (Å²) in [7, 11) is 1.23. The number of hydrogen-bond donors (Lipinski definition) is 2. The molecule has 0 bridgehead atoms. The summed E-state index contributed by atoms with van der Waals surface area (Å²) in [5.41, 5.74) is 0. The standard InChI is InChI=1S/C11H18N2O5/c1-7(10(16)18-2)12-11(17)13-6-4-3-5-8(13)9(14)15/h7-8H,3-6H2,1-2H3,(H,12,17)(H,14,15). The number of piperidine rings is 1. The Bertz CT molecular complexity index is 344. The average molecular weight is 258 g/mol. The second-order valence-electron chi connectivity index (χ2n) is 4.24. The summed E-state index contributed by atoms with van der Waals surface area (Å²) in [6.07, 6.45) is 1.99. The molecule has 2 N–H and O–H groups in total. The molecule has 102 valence electrons. The van der Waals surface area contributed by atoms with Gasteiger partial charge in [-0.25, -0.2) is 14.4 Å². The lowest BCUT2D eigenvalue weighted by molar-refractivity contribution is -0.143. The molecule has 18 heavy (non-hydrogen) atoms. The molecule has 1 aliphatic heterocycles. The smallest absolute Gasteiger partial charge is 0.328 e. The largest absolute Gasteiger partial charge is 0.480 e. The first-order valence-electron chi connectivity index (χ1n) is 5.85. The number of carbonyl (C=O) groups excluding carboxylic acids is 2. The fraction of sp³-hybridized carbons (Fsp3) is 0.727. The Balaban J connectivity index is 2.63. The third-order valence-electron chi connectivity index (χ3n) is 2.94. The number of carboxylic acid groups (broad SMARTS) is 1. The van der Waals surface area contributed by atoms with Crippen molar-refractivity contribution >= 4 is 18.0 Å². The van der Waals surface area contributed by atoms with Crippen molar-refractivity contribution in [2.75, 3.05) is 13.7 Å². The van der Waals surface area contributed by atoms with E-state index in [0.717, 1.165) is 12.8 Å². The maximum absolute atomic E-state index is 11.9. The molecule has 0 aromatic heterocycles. The van der Waals surface area contributed by atoms with Gasteiger partial charge in [0.25, 0.3) is 0 Å². The molecule has 2 atom stereocenters. The van der Waals surface area contributed by atoms with Gasteiger partial charge in [0.15, 0.2) is 0 Å². The number of carbonyl (C=O) groups is 3. The van der Waals surface area contributed by atoms with Crippen LogP contribution in [0.15, 0.2) is 0 Å². The number of likely N-dealkylation sites (tertiary alicyclic amines) is 1. The summed E-state index contributed by atoms with van der Waals surface area (Å²) < 4.78 is 4.49. The third kappa shape index (κ3) is 3.35. The number of esters is 1. The number of hydrogen-bond acceptors (Lipinski definition) is 4. The number of methoxy groups -OCH3 is 1. The minimum Gasteiger partial charge on any atom is -0.480 e. The maximum atomic E-state index is 11.9. The molecular formula is C11H18N2O5. The van der Waals surface area contributed by atoms with E-state index < -0.39 is 30.1 Å². The second-order valence-corrected chi connectivity index (χ2v) is 4.24. The molecule has 2 amide bonds. The lowest BCUT2D eigenvalue weighted by Crippen LogP contribution is -2.54. The zero-order chi connectivity index (χ0) is 13.7. The third-order valence-corrected chi connectivity index (χ3v) is 2.94. The number of rotatable bonds is 3. The van der Waals surface area contributed by atoms with E-state index in [2.05, 4.69) is 10.1 Å². The average Bonchev–Trinajstić information content (AvgIpc) is 2.37.